The van der Waals surface area contributed by atoms with Gasteiger partial charge in [0.15, 0.2) is 11.5 Å². The number of imidazole rings is 1. The molecule has 7 rings (SSSR count). The zero-order valence-electron chi connectivity index (χ0n) is 19.8. The lowest BCUT2D eigenvalue weighted by Gasteiger charge is -2.20. The Morgan fingerprint density at radius 2 is 1.89 bits per heavy atom. The summed E-state index contributed by atoms with van der Waals surface area (Å²) in [6, 6.07) is 8.13. The van der Waals surface area contributed by atoms with E-state index in [2.05, 4.69) is 41.5 Å². The van der Waals surface area contributed by atoms with Gasteiger partial charge >= 0.3 is 0 Å². The van der Waals surface area contributed by atoms with Crippen molar-refractivity contribution in [2.75, 3.05) is 5.32 Å². The van der Waals surface area contributed by atoms with Crippen LogP contribution in [-0.2, 0) is 0 Å². The minimum absolute atomic E-state index is 0.287. The van der Waals surface area contributed by atoms with E-state index in [-0.39, 0.29) is 5.92 Å². The number of thiophene rings is 1. The molecule has 0 aliphatic heterocycles. The third kappa shape index (κ3) is 4.04. The van der Waals surface area contributed by atoms with Crippen molar-refractivity contribution >= 4 is 39.1 Å². The van der Waals surface area contributed by atoms with Crippen LogP contribution in [0.3, 0.4) is 0 Å². The molecule has 1 unspecified atom stereocenters. The van der Waals surface area contributed by atoms with Crippen molar-refractivity contribution in [3.63, 3.8) is 0 Å². The molecule has 0 saturated heterocycles. The van der Waals surface area contributed by atoms with Crippen LogP contribution >= 0.6 is 11.3 Å². The van der Waals surface area contributed by atoms with Gasteiger partial charge in [0.25, 0.3) is 0 Å². The standard InChI is InChI=1S/C27H24N8OS/c36-27(15-4-1-2-5-15)31-18-8-16(10-28-12-18)17-9-19-24(34-35-25(19)30-11-17)26-32-21-14-29-13-20(23(21)33-26)22-6-3-7-37-22/h3,6-15,27,31,36H,1-2,4-5H2,(H,32,33)(H,30,34,35). The summed E-state index contributed by atoms with van der Waals surface area (Å²) in [5, 5.41) is 24.3. The maximum atomic E-state index is 10.6. The van der Waals surface area contributed by atoms with Crippen molar-refractivity contribution in [1.29, 1.82) is 0 Å². The monoisotopic (exact) mass is 508 g/mol. The first-order valence-electron chi connectivity index (χ1n) is 12.3. The summed E-state index contributed by atoms with van der Waals surface area (Å²) in [5.41, 5.74) is 6.66. The van der Waals surface area contributed by atoms with Gasteiger partial charge in [-0.15, -0.1) is 11.3 Å². The van der Waals surface area contributed by atoms with Crippen molar-refractivity contribution < 1.29 is 5.11 Å². The van der Waals surface area contributed by atoms with E-state index in [1.165, 1.54) is 12.8 Å². The Morgan fingerprint density at radius 1 is 1.03 bits per heavy atom. The number of aromatic nitrogens is 7. The molecule has 1 aliphatic rings. The summed E-state index contributed by atoms with van der Waals surface area (Å²) >= 11 is 1.66. The number of hydrogen-bond donors (Lipinski definition) is 4. The van der Waals surface area contributed by atoms with Crippen molar-refractivity contribution in [3.8, 4) is 33.1 Å². The Labute approximate surface area is 216 Å². The lowest BCUT2D eigenvalue weighted by molar-refractivity contribution is 0.137. The predicted molar refractivity (Wildman–Crippen MR) is 145 cm³/mol. The van der Waals surface area contributed by atoms with E-state index in [0.717, 1.165) is 56.5 Å². The van der Waals surface area contributed by atoms with Gasteiger partial charge in [-0.25, -0.2) is 9.97 Å². The zero-order valence-corrected chi connectivity index (χ0v) is 20.7. The Morgan fingerprint density at radius 3 is 2.76 bits per heavy atom. The Bertz CT molecular complexity index is 1700. The first kappa shape index (κ1) is 22.1. The van der Waals surface area contributed by atoms with Crippen LogP contribution in [0.2, 0.25) is 0 Å². The average Bonchev–Trinajstić information content (AvgIpc) is 3.74. The molecule has 0 aromatic carbocycles. The SMILES string of the molecule is OC(Nc1cncc(-c2cnc3[nH]nc(-c4nc5c(-c6cccs6)cncc5[nH]4)c3c2)c1)C1CCCC1. The fraction of sp³-hybridized carbons (Fsp3) is 0.222. The Balaban J connectivity index is 1.24. The number of nitrogens with zero attached hydrogens (tertiary/aromatic N) is 5. The van der Waals surface area contributed by atoms with E-state index < -0.39 is 6.23 Å². The largest absolute Gasteiger partial charge is 0.374 e. The molecule has 6 aromatic heterocycles. The van der Waals surface area contributed by atoms with E-state index in [1.807, 2.05) is 29.8 Å². The number of aliphatic hydroxyl groups is 1. The third-order valence-electron chi connectivity index (χ3n) is 7.05. The third-order valence-corrected chi connectivity index (χ3v) is 7.96. The topological polar surface area (TPSA) is 128 Å². The summed E-state index contributed by atoms with van der Waals surface area (Å²) in [6.45, 7) is 0. The normalized spacial score (nSPS) is 15.1. The molecule has 1 fully saturated rings. The van der Waals surface area contributed by atoms with Gasteiger partial charge in [0.1, 0.15) is 17.4 Å². The molecule has 9 nitrogen and oxygen atoms in total. The molecule has 184 valence electrons. The number of aliphatic hydroxyl groups excluding tert-OH is 1. The highest BCUT2D eigenvalue weighted by Crippen LogP contribution is 2.34. The lowest BCUT2D eigenvalue weighted by Crippen LogP contribution is -2.26. The molecular formula is C27H24N8OS. The van der Waals surface area contributed by atoms with Gasteiger partial charge in [-0.3, -0.25) is 15.1 Å². The lowest BCUT2D eigenvalue weighted by atomic mass is 10.1. The van der Waals surface area contributed by atoms with Crippen LogP contribution in [0.4, 0.5) is 5.69 Å². The molecule has 6 heterocycles. The molecule has 0 radical (unpaired) electrons. The van der Waals surface area contributed by atoms with Gasteiger partial charge < -0.3 is 15.4 Å². The number of pyridine rings is 3. The highest BCUT2D eigenvalue weighted by molar-refractivity contribution is 7.13. The number of hydrogen-bond acceptors (Lipinski definition) is 8. The number of anilines is 1. The van der Waals surface area contributed by atoms with Gasteiger partial charge in [-0.05, 0) is 36.4 Å². The molecule has 0 bridgehead atoms. The fourth-order valence-corrected chi connectivity index (χ4v) is 5.87. The van der Waals surface area contributed by atoms with E-state index in [4.69, 9.17) is 4.98 Å². The Kier molecular flexibility index (Phi) is 5.40. The minimum atomic E-state index is -0.567. The Hall–Kier alpha value is -4.15. The summed E-state index contributed by atoms with van der Waals surface area (Å²) < 4.78 is 0. The molecule has 1 saturated carbocycles. The highest BCUT2D eigenvalue weighted by atomic mass is 32.1. The molecule has 1 aliphatic carbocycles. The summed E-state index contributed by atoms with van der Waals surface area (Å²) in [7, 11) is 0. The van der Waals surface area contributed by atoms with Crippen molar-refractivity contribution in [1.82, 2.24) is 35.1 Å². The van der Waals surface area contributed by atoms with Gasteiger partial charge in [-0.1, -0.05) is 18.9 Å². The van der Waals surface area contributed by atoms with Gasteiger partial charge in [0.2, 0.25) is 0 Å². The van der Waals surface area contributed by atoms with Crippen LogP contribution < -0.4 is 5.32 Å². The van der Waals surface area contributed by atoms with E-state index in [1.54, 1.807) is 36.1 Å². The zero-order chi connectivity index (χ0) is 24.8. The van der Waals surface area contributed by atoms with Crippen molar-refractivity contribution in [3.05, 3.63) is 60.6 Å². The molecule has 0 amide bonds. The second-order valence-corrected chi connectivity index (χ2v) is 10.4. The van der Waals surface area contributed by atoms with Crippen LogP contribution in [0.5, 0.6) is 0 Å². The maximum absolute atomic E-state index is 10.6. The van der Waals surface area contributed by atoms with Crippen LogP contribution in [-0.4, -0.2) is 46.5 Å². The van der Waals surface area contributed by atoms with Crippen molar-refractivity contribution in [2.45, 2.75) is 31.9 Å². The first-order chi connectivity index (χ1) is 18.2. The summed E-state index contributed by atoms with van der Waals surface area (Å²) in [4.78, 5) is 22.8. The number of fused-ring (bicyclic) bond motifs is 2. The first-order valence-corrected chi connectivity index (χ1v) is 13.2. The van der Waals surface area contributed by atoms with Gasteiger partial charge in [0, 0.05) is 46.1 Å². The van der Waals surface area contributed by atoms with Crippen molar-refractivity contribution in [2.24, 2.45) is 5.92 Å². The summed E-state index contributed by atoms with van der Waals surface area (Å²) in [5.74, 6) is 0.939. The average molecular weight is 509 g/mol. The molecule has 10 heteroatoms. The fourth-order valence-electron chi connectivity index (χ4n) is 5.14. The predicted octanol–water partition coefficient (Wildman–Crippen LogP) is 5.61. The smallest absolute Gasteiger partial charge is 0.159 e. The van der Waals surface area contributed by atoms with Gasteiger partial charge in [-0.2, -0.15) is 5.10 Å². The van der Waals surface area contributed by atoms with E-state index in [9.17, 15) is 5.11 Å². The van der Waals surface area contributed by atoms with E-state index >= 15 is 0 Å². The number of nitrogens with one attached hydrogen (secondary N) is 3. The highest BCUT2D eigenvalue weighted by Gasteiger charge is 2.23. The number of aromatic amines is 2. The van der Waals surface area contributed by atoms with Crippen LogP contribution in [0.1, 0.15) is 25.7 Å². The maximum Gasteiger partial charge on any atom is 0.159 e. The van der Waals surface area contributed by atoms with E-state index in [0.29, 0.717) is 17.2 Å². The second-order valence-electron chi connectivity index (χ2n) is 9.43. The van der Waals surface area contributed by atoms with Gasteiger partial charge in [0.05, 0.1) is 29.0 Å². The minimum Gasteiger partial charge on any atom is -0.374 e. The quantitative estimate of drug-likeness (QED) is 0.215. The molecule has 37 heavy (non-hydrogen) atoms. The molecule has 6 aromatic rings. The molecular weight excluding hydrogens is 484 g/mol. The second kappa shape index (κ2) is 9.06. The summed E-state index contributed by atoms with van der Waals surface area (Å²) in [6.07, 6.45) is 12.9. The number of rotatable bonds is 6. The molecule has 4 N–H and O–H groups in total. The van der Waals surface area contributed by atoms with Crippen LogP contribution in [0.25, 0.3) is 55.2 Å². The van der Waals surface area contributed by atoms with Crippen LogP contribution in [0.15, 0.2) is 60.6 Å². The number of H-pyrrole nitrogens is 2. The molecule has 0 spiro atoms. The molecule has 1 atom stereocenters. The van der Waals surface area contributed by atoms with Crippen LogP contribution in [0, 0.1) is 5.92 Å².